The van der Waals surface area contributed by atoms with Crippen molar-refractivity contribution >= 4 is 122 Å². The summed E-state index contributed by atoms with van der Waals surface area (Å²) in [7, 11) is 0. The highest BCUT2D eigenvalue weighted by molar-refractivity contribution is 6.13. The molecular formula is C96H61N3O3. The summed E-state index contributed by atoms with van der Waals surface area (Å²) in [4.78, 5) is 4.68. The highest BCUT2D eigenvalue weighted by Gasteiger charge is 2.21. The van der Waals surface area contributed by atoms with Crippen LogP contribution in [-0.2, 0) is 0 Å². The molecule has 0 amide bonds. The highest BCUT2D eigenvalue weighted by Crippen LogP contribution is 2.45. The van der Waals surface area contributed by atoms with Crippen LogP contribution in [0.15, 0.2) is 383 Å². The maximum atomic E-state index is 6.52. The first-order chi connectivity index (χ1) is 50.5. The lowest BCUT2D eigenvalue weighted by Gasteiger charge is -2.26. The molecule has 0 N–H and O–H groups in total. The summed E-state index contributed by atoms with van der Waals surface area (Å²) < 4.78 is 21.9. The lowest BCUT2D eigenvalue weighted by atomic mass is 9.96. The minimum atomic E-state index is 0.887. The van der Waals surface area contributed by atoms with Crippen molar-refractivity contribution in [3.63, 3.8) is 0 Å². The van der Waals surface area contributed by atoms with E-state index < -0.39 is 0 Å². The van der Waals surface area contributed by atoms with Crippen LogP contribution in [0.4, 0.5) is 34.1 Å². The molecule has 6 heteroatoms. The van der Waals surface area contributed by atoms with Gasteiger partial charge in [-0.25, -0.2) is 0 Å². The Morgan fingerprint density at radius 2 is 0.441 bits per heavy atom. The van der Waals surface area contributed by atoms with Crippen LogP contribution in [0, 0.1) is 0 Å². The Hall–Kier alpha value is -13.7. The molecule has 0 spiro atoms. The van der Waals surface area contributed by atoms with Gasteiger partial charge in [0, 0.05) is 99.6 Å². The lowest BCUT2D eigenvalue weighted by Crippen LogP contribution is -2.10. The molecule has 20 aromatic rings. The fourth-order valence-corrected chi connectivity index (χ4v) is 15.5. The number of para-hydroxylation sites is 8. The number of anilines is 6. The zero-order valence-corrected chi connectivity index (χ0v) is 55.3. The van der Waals surface area contributed by atoms with E-state index in [1.807, 2.05) is 36.4 Å². The van der Waals surface area contributed by atoms with E-state index in [9.17, 15) is 0 Å². The predicted octanol–water partition coefficient (Wildman–Crippen LogP) is 27.4. The van der Waals surface area contributed by atoms with E-state index in [1.165, 1.54) is 21.8 Å². The van der Waals surface area contributed by atoms with Crippen molar-refractivity contribution in [1.82, 2.24) is 4.57 Å². The smallest absolute Gasteiger partial charge is 0.143 e. The van der Waals surface area contributed by atoms with Gasteiger partial charge in [0.15, 0.2) is 0 Å². The molecule has 0 radical (unpaired) electrons. The first-order valence-corrected chi connectivity index (χ1v) is 34.7. The van der Waals surface area contributed by atoms with Gasteiger partial charge in [-0.15, -0.1) is 0 Å². The van der Waals surface area contributed by atoms with Crippen molar-refractivity contribution in [2.24, 2.45) is 0 Å². The Morgan fingerprint density at radius 1 is 0.186 bits per heavy atom. The van der Waals surface area contributed by atoms with Gasteiger partial charge in [-0.05, 0) is 177 Å². The summed E-state index contributed by atoms with van der Waals surface area (Å²) in [6.07, 6.45) is 0. The number of furan rings is 3. The maximum Gasteiger partial charge on any atom is 0.143 e. The second-order valence-electron chi connectivity index (χ2n) is 26.3. The van der Waals surface area contributed by atoms with Gasteiger partial charge < -0.3 is 27.6 Å². The molecule has 4 heterocycles. The second-order valence-corrected chi connectivity index (χ2v) is 26.3. The Bertz CT molecular complexity index is 6390. The minimum Gasteiger partial charge on any atom is -0.455 e. The summed E-state index contributed by atoms with van der Waals surface area (Å²) in [5.74, 6) is 0. The largest absolute Gasteiger partial charge is 0.455 e. The molecule has 0 unspecified atom stereocenters. The van der Waals surface area contributed by atoms with Crippen LogP contribution in [-0.4, -0.2) is 4.57 Å². The molecule has 16 aromatic carbocycles. The van der Waals surface area contributed by atoms with Gasteiger partial charge >= 0.3 is 0 Å². The van der Waals surface area contributed by atoms with Gasteiger partial charge in [0.25, 0.3) is 0 Å². The van der Waals surface area contributed by atoms with Gasteiger partial charge in [0.05, 0.1) is 11.0 Å². The second kappa shape index (κ2) is 24.1. The van der Waals surface area contributed by atoms with Crippen molar-refractivity contribution in [2.45, 2.75) is 0 Å². The molecule has 102 heavy (non-hydrogen) atoms. The van der Waals surface area contributed by atoms with Gasteiger partial charge in [0.1, 0.15) is 33.5 Å². The third kappa shape index (κ3) is 9.95. The summed E-state index contributed by atoms with van der Waals surface area (Å²) >= 11 is 0. The van der Waals surface area contributed by atoms with Crippen LogP contribution in [0.3, 0.4) is 0 Å². The normalized spacial score (nSPS) is 11.7. The number of nitrogens with zero attached hydrogens (tertiary/aromatic N) is 3. The Kier molecular flexibility index (Phi) is 13.8. The van der Waals surface area contributed by atoms with E-state index in [2.05, 4.69) is 348 Å². The third-order valence-electron chi connectivity index (χ3n) is 20.4. The molecule has 0 saturated carbocycles. The van der Waals surface area contributed by atoms with Crippen LogP contribution in [0.5, 0.6) is 0 Å². The van der Waals surface area contributed by atoms with Crippen molar-refractivity contribution in [3.8, 4) is 72.4 Å². The molecule has 20 rings (SSSR count). The molecule has 0 aliphatic heterocycles. The SMILES string of the molecule is c1cc(-c2ccc(N(c3ccc(-c4cccc5c4oc4ccccc45)cc3)c3ccc(-c4cccc5c4oc4ccccc45)cc3)cc2)cc(-c2cccc(-c3ccc(N(c4ccc(-c5cccc6c5oc5ccccc56)cc4)c4ccc(-n5c6ccccc6c6ccccc65)cc4)cc3)c2)c1. The topological polar surface area (TPSA) is 50.8 Å². The molecule has 478 valence electrons. The van der Waals surface area contributed by atoms with Crippen LogP contribution < -0.4 is 9.80 Å². The van der Waals surface area contributed by atoms with E-state index >= 15 is 0 Å². The summed E-state index contributed by atoms with van der Waals surface area (Å²) in [5.41, 5.74) is 28.3. The van der Waals surface area contributed by atoms with E-state index in [0.29, 0.717) is 0 Å². The Morgan fingerprint density at radius 3 is 0.775 bits per heavy atom. The lowest BCUT2D eigenvalue weighted by molar-refractivity contribution is 0.669. The molecule has 0 atom stereocenters. The van der Waals surface area contributed by atoms with Gasteiger partial charge in [-0.3, -0.25) is 0 Å². The number of hydrogen-bond donors (Lipinski definition) is 0. The summed E-state index contributed by atoms with van der Waals surface area (Å²) in [5, 5.41) is 9.18. The van der Waals surface area contributed by atoms with Gasteiger partial charge in [-0.1, -0.05) is 243 Å². The number of rotatable bonds is 13. The van der Waals surface area contributed by atoms with Gasteiger partial charge in [0.2, 0.25) is 0 Å². The fourth-order valence-electron chi connectivity index (χ4n) is 15.5. The van der Waals surface area contributed by atoms with Crippen molar-refractivity contribution < 1.29 is 13.3 Å². The van der Waals surface area contributed by atoms with E-state index in [-0.39, 0.29) is 0 Å². The molecule has 6 nitrogen and oxygen atoms in total. The molecule has 0 aliphatic rings. The van der Waals surface area contributed by atoms with Crippen LogP contribution in [0.1, 0.15) is 0 Å². The number of benzene rings is 16. The molecular weight excluding hydrogens is 1240 g/mol. The standard InChI is InChI=1S/C96H61N3O3/c1-6-31-89-81(20-1)82-21-2-7-32-90(82)99(89)77-58-56-76(57-59-77)98(75-54-44-66(45-55-75)80-27-15-30-88-85-24-5-10-35-93(85)102-96(80)88)72-48-38-63(39-49-72)68-17-12-19-70(61-68)69-18-11-16-67(60-69)62-36-46-71(47-37-62)97(73-50-40-64(41-51-73)78-25-13-28-86-83-22-3-8-33-91(83)100-94(78)86)74-52-42-65(43-53-74)79-26-14-29-87-84-23-4-9-34-92(84)101-95(79)87/h1-61H. The maximum absolute atomic E-state index is 6.52. The average molecular weight is 1300 g/mol. The van der Waals surface area contributed by atoms with Gasteiger partial charge in [-0.2, -0.15) is 0 Å². The summed E-state index contributed by atoms with van der Waals surface area (Å²) in [6, 6.07) is 133. The average Bonchev–Trinajstić information content (AvgIpc) is 1.53. The number of fused-ring (bicyclic) bond motifs is 12. The van der Waals surface area contributed by atoms with E-state index in [4.69, 9.17) is 13.3 Å². The van der Waals surface area contributed by atoms with Crippen molar-refractivity contribution in [1.29, 1.82) is 0 Å². The minimum absolute atomic E-state index is 0.887. The molecule has 4 aromatic heterocycles. The van der Waals surface area contributed by atoms with E-state index in [1.54, 1.807) is 0 Å². The third-order valence-corrected chi connectivity index (χ3v) is 20.4. The molecule has 0 aliphatic carbocycles. The fraction of sp³-hybridized carbons (Fsp3) is 0. The molecule has 0 saturated heterocycles. The number of hydrogen-bond acceptors (Lipinski definition) is 5. The first kappa shape index (κ1) is 58.5. The predicted molar refractivity (Wildman–Crippen MR) is 425 cm³/mol. The zero-order valence-electron chi connectivity index (χ0n) is 55.3. The van der Waals surface area contributed by atoms with Crippen LogP contribution in [0.25, 0.3) is 160 Å². The van der Waals surface area contributed by atoms with Crippen LogP contribution >= 0.6 is 0 Å². The highest BCUT2D eigenvalue weighted by atomic mass is 16.3. The monoisotopic (exact) mass is 1300 g/mol. The first-order valence-electron chi connectivity index (χ1n) is 34.7. The zero-order chi connectivity index (χ0) is 67.2. The Balaban J connectivity index is 0.609. The van der Waals surface area contributed by atoms with Crippen molar-refractivity contribution in [3.05, 3.63) is 370 Å². The molecule has 0 bridgehead atoms. The number of aromatic nitrogens is 1. The summed E-state index contributed by atoms with van der Waals surface area (Å²) in [6.45, 7) is 0. The molecule has 0 fully saturated rings. The quantitative estimate of drug-likeness (QED) is 0.115. The van der Waals surface area contributed by atoms with Crippen molar-refractivity contribution in [2.75, 3.05) is 9.80 Å². The van der Waals surface area contributed by atoms with Crippen LogP contribution in [0.2, 0.25) is 0 Å². The Labute approximate surface area is 588 Å². The van der Waals surface area contributed by atoms with E-state index in [0.717, 1.165) is 172 Å².